The molecule has 0 radical (unpaired) electrons. The SMILES string of the molecule is Cc1ccc(-c2cccnc2)cc1NC(=O)N1CC2CC1(c1ccccc1)C2. The summed E-state index contributed by atoms with van der Waals surface area (Å²) in [6, 6.07) is 20.6. The molecule has 2 aliphatic heterocycles. The molecule has 4 nitrogen and oxygen atoms in total. The van der Waals surface area contributed by atoms with E-state index in [1.165, 1.54) is 5.56 Å². The Labute approximate surface area is 165 Å². The Morgan fingerprint density at radius 3 is 2.64 bits per heavy atom. The van der Waals surface area contributed by atoms with Crippen molar-refractivity contribution in [3.05, 3.63) is 84.2 Å². The maximum atomic E-state index is 13.2. The van der Waals surface area contributed by atoms with Crippen LogP contribution in [0.25, 0.3) is 11.1 Å². The van der Waals surface area contributed by atoms with E-state index in [0.717, 1.165) is 41.8 Å². The molecule has 3 aromatic rings. The number of urea groups is 1. The van der Waals surface area contributed by atoms with Crippen LogP contribution in [0.1, 0.15) is 24.0 Å². The monoisotopic (exact) mass is 369 g/mol. The van der Waals surface area contributed by atoms with Crippen LogP contribution in [0, 0.1) is 12.8 Å². The first-order valence-electron chi connectivity index (χ1n) is 9.81. The van der Waals surface area contributed by atoms with E-state index in [1.54, 1.807) is 6.20 Å². The Morgan fingerprint density at radius 2 is 1.89 bits per heavy atom. The van der Waals surface area contributed by atoms with Gasteiger partial charge in [-0.25, -0.2) is 4.79 Å². The van der Waals surface area contributed by atoms with E-state index >= 15 is 0 Å². The number of hydrogen-bond acceptors (Lipinski definition) is 2. The number of carbonyl (C=O) groups excluding carboxylic acids is 1. The number of anilines is 1. The summed E-state index contributed by atoms with van der Waals surface area (Å²) in [4.78, 5) is 19.5. The molecule has 140 valence electrons. The molecule has 2 saturated heterocycles. The zero-order valence-electron chi connectivity index (χ0n) is 15.9. The van der Waals surface area contributed by atoms with Crippen LogP contribution in [-0.4, -0.2) is 22.5 Å². The average Bonchev–Trinajstić information content (AvgIpc) is 3.28. The highest BCUT2D eigenvalue weighted by atomic mass is 16.2. The lowest BCUT2D eigenvalue weighted by Gasteiger charge is -2.42. The molecule has 3 fully saturated rings. The number of fused-ring (bicyclic) bond motifs is 1. The van der Waals surface area contributed by atoms with Gasteiger partial charge in [0.05, 0.1) is 5.54 Å². The van der Waals surface area contributed by atoms with Gasteiger partial charge in [-0.3, -0.25) is 4.98 Å². The van der Waals surface area contributed by atoms with Crippen molar-refractivity contribution in [1.29, 1.82) is 0 Å². The second kappa shape index (κ2) is 6.48. The molecular weight excluding hydrogens is 346 g/mol. The minimum Gasteiger partial charge on any atom is -0.314 e. The van der Waals surface area contributed by atoms with E-state index in [2.05, 4.69) is 46.7 Å². The van der Waals surface area contributed by atoms with E-state index in [-0.39, 0.29) is 11.6 Å². The van der Waals surface area contributed by atoms with Gasteiger partial charge in [-0.15, -0.1) is 0 Å². The third kappa shape index (κ3) is 2.68. The number of hydrogen-bond donors (Lipinski definition) is 1. The van der Waals surface area contributed by atoms with Crippen molar-refractivity contribution in [2.45, 2.75) is 25.3 Å². The van der Waals surface area contributed by atoms with Crippen LogP contribution in [0.5, 0.6) is 0 Å². The van der Waals surface area contributed by atoms with E-state index in [0.29, 0.717) is 5.92 Å². The van der Waals surface area contributed by atoms with Gasteiger partial charge in [0.2, 0.25) is 0 Å². The topological polar surface area (TPSA) is 45.2 Å². The molecule has 0 unspecified atom stereocenters. The lowest BCUT2D eigenvalue weighted by Crippen LogP contribution is -2.47. The number of pyridine rings is 1. The second-order valence-electron chi connectivity index (χ2n) is 7.98. The summed E-state index contributed by atoms with van der Waals surface area (Å²) >= 11 is 0. The minimum atomic E-state index is -0.134. The lowest BCUT2D eigenvalue weighted by molar-refractivity contribution is 0.129. The van der Waals surface area contributed by atoms with E-state index in [9.17, 15) is 4.79 Å². The first kappa shape index (κ1) is 17.0. The number of aryl methyl sites for hydroxylation is 1. The zero-order valence-corrected chi connectivity index (χ0v) is 15.9. The van der Waals surface area contributed by atoms with Crippen molar-refractivity contribution in [2.75, 3.05) is 11.9 Å². The maximum absolute atomic E-state index is 13.2. The largest absolute Gasteiger partial charge is 0.322 e. The molecule has 2 bridgehead atoms. The molecule has 3 heterocycles. The van der Waals surface area contributed by atoms with Crippen molar-refractivity contribution in [3.8, 4) is 11.1 Å². The number of carbonyl (C=O) groups is 1. The van der Waals surface area contributed by atoms with Crippen molar-refractivity contribution >= 4 is 11.7 Å². The van der Waals surface area contributed by atoms with Gasteiger partial charge in [-0.05, 0) is 54.5 Å². The van der Waals surface area contributed by atoms with Gasteiger partial charge in [0.15, 0.2) is 0 Å². The average molecular weight is 369 g/mol. The van der Waals surface area contributed by atoms with Crippen LogP contribution in [0.15, 0.2) is 73.1 Å². The highest BCUT2D eigenvalue weighted by Gasteiger charge is 2.58. The molecule has 2 amide bonds. The summed E-state index contributed by atoms with van der Waals surface area (Å²) in [7, 11) is 0. The number of rotatable bonds is 3. The fraction of sp³-hybridized carbons (Fsp3) is 0.250. The Bertz CT molecular complexity index is 1010. The summed E-state index contributed by atoms with van der Waals surface area (Å²) in [6.07, 6.45) is 5.75. The molecule has 1 aliphatic carbocycles. The highest BCUT2D eigenvalue weighted by molar-refractivity contribution is 5.92. The number of amides is 2. The molecule has 1 saturated carbocycles. The van der Waals surface area contributed by atoms with Crippen LogP contribution in [0.2, 0.25) is 0 Å². The molecule has 28 heavy (non-hydrogen) atoms. The molecule has 1 N–H and O–H groups in total. The molecule has 3 aliphatic rings. The number of nitrogens with one attached hydrogen (secondary N) is 1. The number of aromatic nitrogens is 1. The molecule has 6 rings (SSSR count). The summed E-state index contributed by atoms with van der Waals surface area (Å²) < 4.78 is 0. The fourth-order valence-corrected chi connectivity index (χ4v) is 4.75. The summed E-state index contributed by atoms with van der Waals surface area (Å²) in [5.41, 5.74) is 5.13. The van der Waals surface area contributed by atoms with Gasteiger partial charge in [0.1, 0.15) is 0 Å². The molecular formula is C24H23N3O. The third-order valence-electron chi connectivity index (χ3n) is 6.24. The first-order valence-corrected chi connectivity index (χ1v) is 9.81. The van der Waals surface area contributed by atoms with Crippen molar-refractivity contribution in [3.63, 3.8) is 0 Å². The molecule has 0 atom stereocenters. The zero-order chi connectivity index (χ0) is 19.1. The standard InChI is InChI=1S/C24H23N3O/c1-17-9-10-19(20-6-5-11-25-15-20)12-22(17)26-23(28)27-16-18-13-24(27,14-18)21-7-3-2-4-8-21/h2-12,15,18H,13-14,16H2,1H3,(H,26,28). The second-order valence-corrected chi connectivity index (χ2v) is 7.98. The van der Waals surface area contributed by atoms with Gasteiger partial charge in [-0.2, -0.15) is 0 Å². The van der Waals surface area contributed by atoms with Gasteiger partial charge in [0, 0.05) is 30.2 Å². The molecule has 0 spiro atoms. The van der Waals surface area contributed by atoms with Gasteiger partial charge in [0.25, 0.3) is 0 Å². The predicted molar refractivity (Wildman–Crippen MR) is 111 cm³/mol. The van der Waals surface area contributed by atoms with Crippen LogP contribution in [0.3, 0.4) is 0 Å². The van der Waals surface area contributed by atoms with E-state index < -0.39 is 0 Å². The van der Waals surface area contributed by atoms with Crippen LogP contribution in [-0.2, 0) is 5.54 Å². The lowest BCUT2D eigenvalue weighted by atomic mass is 9.69. The number of benzene rings is 2. The van der Waals surface area contributed by atoms with Crippen LogP contribution >= 0.6 is 0 Å². The molecule has 2 aromatic carbocycles. The van der Waals surface area contributed by atoms with Gasteiger partial charge >= 0.3 is 6.03 Å². The Morgan fingerprint density at radius 1 is 1.07 bits per heavy atom. The first-order chi connectivity index (χ1) is 13.7. The molecule has 4 heteroatoms. The Balaban J connectivity index is 1.42. The van der Waals surface area contributed by atoms with Crippen molar-refractivity contribution in [2.24, 2.45) is 5.92 Å². The third-order valence-corrected chi connectivity index (χ3v) is 6.24. The van der Waals surface area contributed by atoms with E-state index in [4.69, 9.17) is 0 Å². The van der Waals surface area contributed by atoms with Crippen LogP contribution < -0.4 is 5.32 Å². The quantitative estimate of drug-likeness (QED) is 0.689. The van der Waals surface area contributed by atoms with Crippen LogP contribution in [0.4, 0.5) is 10.5 Å². The maximum Gasteiger partial charge on any atom is 0.322 e. The predicted octanol–water partition coefficient (Wildman–Crippen LogP) is 5.21. The smallest absolute Gasteiger partial charge is 0.314 e. The fourth-order valence-electron chi connectivity index (χ4n) is 4.75. The van der Waals surface area contributed by atoms with E-state index in [1.807, 2.05) is 42.3 Å². The summed E-state index contributed by atoms with van der Waals surface area (Å²) in [6.45, 7) is 2.86. The number of nitrogens with zero attached hydrogens (tertiary/aromatic N) is 2. The normalized spacial score (nSPS) is 22.6. The highest BCUT2D eigenvalue weighted by Crippen LogP contribution is 2.57. The van der Waals surface area contributed by atoms with Crippen molar-refractivity contribution in [1.82, 2.24) is 9.88 Å². The minimum absolute atomic E-state index is 0.00436. The van der Waals surface area contributed by atoms with Gasteiger partial charge in [-0.1, -0.05) is 48.5 Å². The molecule has 1 aromatic heterocycles. The van der Waals surface area contributed by atoms with Gasteiger partial charge < -0.3 is 10.2 Å². The van der Waals surface area contributed by atoms with Crippen molar-refractivity contribution < 1.29 is 4.79 Å². The summed E-state index contributed by atoms with van der Waals surface area (Å²) in [5, 5.41) is 3.18. The Kier molecular flexibility index (Phi) is 3.93. The summed E-state index contributed by atoms with van der Waals surface area (Å²) in [5.74, 6) is 0.619. The Hall–Kier alpha value is -3.14.